The average Bonchev–Trinajstić information content (AvgIpc) is 2.95. The van der Waals surface area contributed by atoms with E-state index in [2.05, 4.69) is 33.2 Å². The van der Waals surface area contributed by atoms with Crippen molar-refractivity contribution >= 4 is 0 Å². The Morgan fingerprint density at radius 2 is 2.10 bits per heavy atom. The molecule has 21 heavy (non-hydrogen) atoms. The molecule has 5 heteroatoms. The van der Waals surface area contributed by atoms with Crippen molar-refractivity contribution in [2.75, 3.05) is 32.8 Å². The van der Waals surface area contributed by atoms with Crippen LogP contribution in [0, 0.1) is 6.92 Å². The molecule has 0 N–H and O–H groups in total. The van der Waals surface area contributed by atoms with E-state index in [0.717, 1.165) is 51.3 Å². The molecule has 5 nitrogen and oxygen atoms in total. The molecule has 1 aliphatic heterocycles. The Morgan fingerprint density at radius 1 is 1.24 bits per heavy atom. The van der Waals surface area contributed by atoms with Crippen molar-refractivity contribution in [1.29, 1.82) is 0 Å². The molecular weight excluding hydrogens is 266 g/mol. The van der Waals surface area contributed by atoms with Crippen LogP contribution in [-0.2, 0) is 11.2 Å². The number of aryl methyl sites for hydroxylation is 2. The molecule has 0 aliphatic carbocycles. The monoisotopic (exact) mass is 287 g/mol. The number of nitrogens with zero attached hydrogens (tertiary/aromatic N) is 3. The molecule has 0 radical (unpaired) electrons. The van der Waals surface area contributed by atoms with E-state index in [-0.39, 0.29) is 0 Å². The van der Waals surface area contributed by atoms with Gasteiger partial charge < -0.3 is 9.26 Å². The molecule has 1 fully saturated rings. The summed E-state index contributed by atoms with van der Waals surface area (Å²) in [4.78, 5) is 6.74. The van der Waals surface area contributed by atoms with Crippen molar-refractivity contribution in [1.82, 2.24) is 15.0 Å². The van der Waals surface area contributed by atoms with Gasteiger partial charge in [0, 0.05) is 25.6 Å². The Morgan fingerprint density at radius 3 is 2.86 bits per heavy atom. The summed E-state index contributed by atoms with van der Waals surface area (Å²) in [5, 5.41) is 3.97. The predicted molar refractivity (Wildman–Crippen MR) is 80.1 cm³/mol. The van der Waals surface area contributed by atoms with Gasteiger partial charge in [0.2, 0.25) is 11.7 Å². The van der Waals surface area contributed by atoms with Crippen LogP contribution in [0.15, 0.2) is 28.8 Å². The standard InChI is InChI=1S/C16H21N3O2/c1-13-17-16(18-21-13)15-6-2-4-14(12-15)5-3-7-19-8-10-20-11-9-19/h2,4,6,12H,3,5,7-11H2,1H3. The van der Waals surface area contributed by atoms with E-state index in [0.29, 0.717) is 11.7 Å². The number of morpholine rings is 1. The molecule has 1 aliphatic rings. The van der Waals surface area contributed by atoms with Gasteiger partial charge >= 0.3 is 0 Å². The van der Waals surface area contributed by atoms with Crippen molar-refractivity contribution in [2.24, 2.45) is 0 Å². The molecule has 0 atom stereocenters. The quantitative estimate of drug-likeness (QED) is 0.844. The molecule has 1 aromatic heterocycles. The highest BCUT2D eigenvalue weighted by Crippen LogP contribution is 2.18. The van der Waals surface area contributed by atoms with E-state index >= 15 is 0 Å². The van der Waals surface area contributed by atoms with Gasteiger partial charge in [0.25, 0.3) is 0 Å². The van der Waals surface area contributed by atoms with Crippen molar-refractivity contribution in [3.8, 4) is 11.4 Å². The number of hydrogen-bond donors (Lipinski definition) is 0. The van der Waals surface area contributed by atoms with Crippen LogP contribution < -0.4 is 0 Å². The van der Waals surface area contributed by atoms with Crippen LogP contribution in [0.5, 0.6) is 0 Å². The lowest BCUT2D eigenvalue weighted by molar-refractivity contribution is 0.0375. The number of aromatic nitrogens is 2. The van der Waals surface area contributed by atoms with Crippen molar-refractivity contribution in [3.05, 3.63) is 35.7 Å². The third kappa shape index (κ3) is 3.89. The highest BCUT2D eigenvalue weighted by atomic mass is 16.5. The lowest BCUT2D eigenvalue weighted by Gasteiger charge is -2.26. The van der Waals surface area contributed by atoms with Gasteiger partial charge in [0.1, 0.15) is 0 Å². The molecule has 0 saturated carbocycles. The zero-order valence-electron chi connectivity index (χ0n) is 12.4. The fourth-order valence-corrected chi connectivity index (χ4v) is 2.61. The lowest BCUT2D eigenvalue weighted by atomic mass is 10.1. The molecule has 0 spiro atoms. The Hall–Kier alpha value is -1.72. The number of benzene rings is 1. The minimum atomic E-state index is 0.600. The average molecular weight is 287 g/mol. The molecule has 0 unspecified atom stereocenters. The van der Waals surface area contributed by atoms with Crippen LogP contribution in [0.25, 0.3) is 11.4 Å². The molecule has 1 aromatic carbocycles. The second-order valence-corrected chi connectivity index (χ2v) is 5.39. The third-order valence-electron chi connectivity index (χ3n) is 3.76. The zero-order valence-corrected chi connectivity index (χ0v) is 12.4. The number of hydrogen-bond acceptors (Lipinski definition) is 5. The number of rotatable bonds is 5. The predicted octanol–water partition coefficient (Wildman–Crippen LogP) is 2.31. The summed E-state index contributed by atoms with van der Waals surface area (Å²) in [5.74, 6) is 1.27. The maximum atomic E-state index is 5.37. The fourth-order valence-electron chi connectivity index (χ4n) is 2.61. The van der Waals surface area contributed by atoms with Gasteiger partial charge in [-0.3, -0.25) is 4.90 Å². The topological polar surface area (TPSA) is 51.4 Å². The summed E-state index contributed by atoms with van der Waals surface area (Å²) < 4.78 is 10.4. The Kier molecular flexibility index (Phi) is 4.62. The first kappa shape index (κ1) is 14.2. The smallest absolute Gasteiger partial charge is 0.223 e. The van der Waals surface area contributed by atoms with Crippen LogP contribution in [0.2, 0.25) is 0 Å². The third-order valence-corrected chi connectivity index (χ3v) is 3.76. The van der Waals surface area contributed by atoms with E-state index in [9.17, 15) is 0 Å². The SMILES string of the molecule is Cc1nc(-c2cccc(CCCN3CCOCC3)c2)no1. The van der Waals surface area contributed by atoms with Crippen molar-refractivity contribution in [3.63, 3.8) is 0 Å². The van der Waals surface area contributed by atoms with Crippen LogP contribution in [0.4, 0.5) is 0 Å². The van der Waals surface area contributed by atoms with Gasteiger partial charge in [0.05, 0.1) is 13.2 Å². The summed E-state index contributed by atoms with van der Waals surface area (Å²) in [6, 6.07) is 8.40. The molecule has 1 saturated heterocycles. The van der Waals surface area contributed by atoms with Crippen molar-refractivity contribution in [2.45, 2.75) is 19.8 Å². The van der Waals surface area contributed by atoms with Gasteiger partial charge in [-0.1, -0.05) is 23.4 Å². The van der Waals surface area contributed by atoms with Gasteiger partial charge in [-0.05, 0) is 31.0 Å². The Balaban J connectivity index is 1.56. The molecule has 0 bridgehead atoms. The Labute approximate surface area is 124 Å². The fraction of sp³-hybridized carbons (Fsp3) is 0.500. The summed E-state index contributed by atoms with van der Waals surface area (Å²) in [5.41, 5.74) is 2.35. The second kappa shape index (κ2) is 6.83. The maximum Gasteiger partial charge on any atom is 0.223 e. The summed E-state index contributed by atoms with van der Waals surface area (Å²) in [6.07, 6.45) is 2.23. The first-order valence-electron chi connectivity index (χ1n) is 7.51. The first-order valence-corrected chi connectivity index (χ1v) is 7.51. The van der Waals surface area contributed by atoms with Crippen LogP contribution in [0.1, 0.15) is 17.9 Å². The van der Waals surface area contributed by atoms with E-state index in [1.165, 1.54) is 5.56 Å². The first-order chi connectivity index (χ1) is 10.3. The van der Waals surface area contributed by atoms with E-state index in [4.69, 9.17) is 9.26 Å². The van der Waals surface area contributed by atoms with Crippen molar-refractivity contribution < 1.29 is 9.26 Å². The number of ether oxygens (including phenoxy) is 1. The normalized spacial score (nSPS) is 16.2. The van der Waals surface area contributed by atoms with Gasteiger partial charge in [-0.15, -0.1) is 0 Å². The summed E-state index contributed by atoms with van der Waals surface area (Å²) >= 11 is 0. The molecule has 0 amide bonds. The lowest BCUT2D eigenvalue weighted by Crippen LogP contribution is -2.36. The maximum absolute atomic E-state index is 5.37. The minimum absolute atomic E-state index is 0.600. The van der Waals surface area contributed by atoms with E-state index < -0.39 is 0 Å². The Bertz CT molecular complexity index is 576. The molecule has 2 aromatic rings. The minimum Gasteiger partial charge on any atom is -0.379 e. The van der Waals surface area contributed by atoms with E-state index in [1.54, 1.807) is 0 Å². The van der Waals surface area contributed by atoms with Crippen LogP contribution >= 0.6 is 0 Å². The highest BCUT2D eigenvalue weighted by Gasteiger charge is 2.10. The molecule has 2 heterocycles. The van der Waals surface area contributed by atoms with Gasteiger partial charge in [-0.25, -0.2) is 0 Å². The van der Waals surface area contributed by atoms with Gasteiger partial charge in [0.15, 0.2) is 0 Å². The molecular formula is C16H21N3O2. The highest BCUT2D eigenvalue weighted by molar-refractivity contribution is 5.55. The largest absolute Gasteiger partial charge is 0.379 e. The van der Waals surface area contributed by atoms with Crippen LogP contribution in [-0.4, -0.2) is 47.9 Å². The molecule has 112 valence electrons. The zero-order chi connectivity index (χ0) is 14.5. The summed E-state index contributed by atoms with van der Waals surface area (Å²) in [6.45, 7) is 6.79. The second-order valence-electron chi connectivity index (χ2n) is 5.39. The van der Waals surface area contributed by atoms with Crippen LogP contribution in [0.3, 0.4) is 0 Å². The summed E-state index contributed by atoms with van der Waals surface area (Å²) in [7, 11) is 0. The van der Waals surface area contributed by atoms with Gasteiger partial charge in [-0.2, -0.15) is 4.98 Å². The van der Waals surface area contributed by atoms with E-state index in [1.807, 2.05) is 13.0 Å². The molecule has 3 rings (SSSR count).